The summed E-state index contributed by atoms with van der Waals surface area (Å²) in [6, 6.07) is 1.82. The van der Waals surface area contributed by atoms with Crippen LogP contribution in [0.2, 0.25) is 5.02 Å². The fourth-order valence-corrected chi connectivity index (χ4v) is 2.59. The number of carbonyl (C=O) groups excluding carboxylic acids is 1. The summed E-state index contributed by atoms with van der Waals surface area (Å²) in [5, 5.41) is 3.62. The molecular weight excluding hydrogens is 290 g/mol. The van der Waals surface area contributed by atoms with Gasteiger partial charge in [0, 0.05) is 19.3 Å². The van der Waals surface area contributed by atoms with Gasteiger partial charge >= 0.3 is 0 Å². The quantitative estimate of drug-likeness (QED) is 0.908. The Balaban J connectivity index is 2.13. The van der Waals surface area contributed by atoms with E-state index in [-0.39, 0.29) is 11.9 Å². The summed E-state index contributed by atoms with van der Waals surface area (Å²) in [6.45, 7) is 6.73. The van der Waals surface area contributed by atoms with Gasteiger partial charge in [0.05, 0.1) is 29.8 Å². The van der Waals surface area contributed by atoms with Crippen molar-refractivity contribution in [2.45, 2.75) is 32.7 Å². The van der Waals surface area contributed by atoms with Crippen molar-refractivity contribution in [1.82, 2.24) is 9.88 Å². The van der Waals surface area contributed by atoms with E-state index in [1.165, 1.54) is 0 Å². The van der Waals surface area contributed by atoms with Crippen LogP contribution in [0.1, 0.15) is 37.0 Å². The Morgan fingerprint density at radius 2 is 2.38 bits per heavy atom. The molecule has 1 unspecified atom stereocenters. The molecule has 0 bridgehead atoms. The van der Waals surface area contributed by atoms with E-state index in [4.69, 9.17) is 16.3 Å². The molecule has 0 aliphatic carbocycles. The Bertz CT molecular complexity index is 496. The number of hydrogen-bond donors (Lipinski definition) is 1. The van der Waals surface area contributed by atoms with Gasteiger partial charge in [-0.05, 0) is 18.9 Å². The van der Waals surface area contributed by atoms with Gasteiger partial charge in [0.25, 0.3) is 5.91 Å². The second-order valence-corrected chi connectivity index (χ2v) is 5.52. The number of rotatable bonds is 5. The normalized spacial score (nSPS) is 18.6. The van der Waals surface area contributed by atoms with E-state index >= 15 is 0 Å². The summed E-state index contributed by atoms with van der Waals surface area (Å²) in [6.07, 6.45) is 3.46. The lowest BCUT2D eigenvalue weighted by molar-refractivity contribution is -0.00281. The standard InChI is InChI=1S/C15H22ClN3O2/c1-3-5-17-14-13(16)8-11(9-18-14)15(20)19-6-7-21-10-12(19)4-2/h8-9,12H,3-7,10H2,1-2H3,(H,17,18). The number of halogens is 1. The summed E-state index contributed by atoms with van der Waals surface area (Å²) < 4.78 is 5.43. The summed E-state index contributed by atoms with van der Waals surface area (Å²) >= 11 is 6.20. The van der Waals surface area contributed by atoms with Gasteiger partial charge in [-0.25, -0.2) is 4.98 Å². The van der Waals surface area contributed by atoms with Crippen LogP contribution in [-0.2, 0) is 4.74 Å². The topological polar surface area (TPSA) is 54.5 Å². The van der Waals surface area contributed by atoms with E-state index in [0.717, 1.165) is 19.4 Å². The number of amides is 1. The maximum absolute atomic E-state index is 12.6. The first kappa shape index (κ1) is 16.0. The molecule has 0 aromatic carbocycles. The molecule has 1 saturated heterocycles. The number of aromatic nitrogens is 1. The number of hydrogen-bond acceptors (Lipinski definition) is 4. The van der Waals surface area contributed by atoms with Crippen LogP contribution in [0.4, 0.5) is 5.82 Å². The first-order valence-corrected chi connectivity index (χ1v) is 7.83. The van der Waals surface area contributed by atoms with Crippen LogP contribution in [-0.4, -0.2) is 48.1 Å². The lowest BCUT2D eigenvalue weighted by Crippen LogP contribution is -2.48. The smallest absolute Gasteiger partial charge is 0.255 e. The van der Waals surface area contributed by atoms with Crippen molar-refractivity contribution < 1.29 is 9.53 Å². The van der Waals surface area contributed by atoms with E-state index in [2.05, 4.69) is 24.1 Å². The number of ether oxygens (including phenoxy) is 1. The van der Waals surface area contributed by atoms with Crippen molar-refractivity contribution in [1.29, 1.82) is 0 Å². The van der Waals surface area contributed by atoms with Crippen LogP contribution in [0.5, 0.6) is 0 Å². The number of nitrogens with zero attached hydrogens (tertiary/aromatic N) is 2. The van der Waals surface area contributed by atoms with Crippen LogP contribution in [0.15, 0.2) is 12.3 Å². The van der Waals surface area contributed by atoms with Crippen molar-refractivity contribution in [3.05, 3.63) is 22.8 Å². The summed E-state index contributed by atoms with van der Waals surface area (Å²) in [7, 11) is 0. The molecule has 1 N–H and O–H groups in total. The van der Waals surface area contributed by atoms with Gasteiger partial charge in [0.2, 0.25) is 0 Å². The second-order valence-electron chi connectivity index (χ2n) is 5.12. The molecule has 2 rings (SSSR count). The fraction of sp³-hybridized carbons (Fsp3) is 0.600. The molecule has 0 spiro atoms. The predicted molar refractivity (Wildman–Crippen MR) is 84.0 cm³/mol. The van der Waals surface area contributed by atoms with Gasteiger partial charge < -0.3 is 15.0 Å². The van der Waals surface area contributed by atoms with Crippen molar-refractivity contribution in [2.75, 3.05) is 31.6 Å². The van der Waals surface area contributed by atoms with Gasteiger partial charge in [-0.15, -0.1) is 0 Å². The van der Waals surface area contributed by atoms with Gasteiger partial charge in [0.15, 0.2) is 0 Å². The highest BCUT2D eigenvalue weighted by Crippen LogP contribution is 2.22. The molecule has 21 heavy (non-hydrogen) atoms. The molecule has 1 aromatic rings. The molecule has 1 aliphatic heterocycles. The van der Waals surface area contributed by atoms with E-state index in [1.54, 1.807) is 12.3 Å². The molecule has 1 atom stereocenters. The SMILES string of the molecule is CCCNc1ncc(C(=O)N2CCOCC2CC)cc1Cl. The van der Waals surface area contributed by atoms with Crippen molar-refractivity contribution >= 4 is 23.3 Å². The Labute approximate surface area is 130 Å². The lowest BCUT2D eigenvalue weighted by atomic mass is 10.1. The Hall–Kier alpha value is -1.33. The van der Waals surface area contributed by atoms with Crippen LogP contribution >= 0.6 is 11.6 Å². The summed E-state index contributed by atoms with van der Waals surface area (Å²) in [4.78, 5) is 18.7. The minimum absolute atomic E-state index is 0.0263. The maximum atomic E-state index is 12.6. The van der Waals surface area contributed by atoms with Gasteiger partial charge in [-0.1, -0.05) is 25.4 Å². The number of pyridine rings is 1. The zero-order chi connectivity index (χ0) is 15.2. The molecular formula is C15H22ClN3O2. The average Bonchev–Trinajstić information content (AvgIpc) is 2.53. The Morgan fingerprint density at radius 3 is 3.05 bits per heavy atom. The summed E-state index contributed by atoms with van der Waals surface area (Å²) in [5.41, 5.74) is 0.530. The molecule has 0 saturated carbocycles. The van der Waals surface area contributed by atoms with Gasteiger partial charge in [-0.2, -0.15) is 0 Å². The minimum Gasteiger partial charge on any atom is -0.377 e. The lowest BCUT2D eigenvalue weighted by Gasteiger charge is -2.35. The second kappa shape index (κ2) is 7.61. The summed E-state index contributed by atoms with van der Waals surface area (Å²) in [5.74, 6) is 0.602. The maximum Gasteiger partial charge on any atom is 0.255 e. The molecule has 1 amide bonds. The zero-order valence-electron chi connectivity index (χ0n) is 12.6. The van der Waals surface area contributed by atoms with E-state index in [0.29, 0.717) is 36.2 Å². The fourth-order valence-electron chi connectivity index (χ4n) is 2.35. The number of morpholine rings is 1. The minimum atomic E-state index is -0.0263. The average molecular weight is 312 g/mol. The molecule has 1 aromatic heterocycles. The van der Waals surface area contributed by atoms with E-state index in [9.17, 15) is 4.79 Å². The number of carbonyl (C=O) groups is 1. The highest BCUT2D eigenvalue weighted by atomic mass is 35.5. The highest BCUT2D eigenvalue weighted by molar-refractivity contribution is 6.33. The highest BCUT2D eigenvalue weighted by Gasteiger charge is 2.27. The van der Waals surface area contributed by atoms with E-state index < -0.39 is 0 Å². The van der Waals surface area contributed by atoms with Crippen LogP contribution in [0.25, 0.3) is 0 Å². The first-order valence-electron chi connectivity index (χ1n) is 7.45. The number of nitrogens with one attached hydrogen (secondary N) is 1. The molecule has 116 valence electrons. The van der Waals surface area contributed by atoms with Crippen molar-refractivity contribution in [3.8, 4) is 0 Å². The molecule has 5 nitrogen and oxygen atoms in total. The molecule has 2 heterocycles. The number of anilines is 1. The predicted octanol–water partition coefficient (Wildman–Crippen LogP) is 2.81. The van der Waals surface area contributed by atoms with Crippen LogP contribution in [0.3, 0.4) is 0 Å². The van der Waals surface area contributed by atoms with Crippen LogP contribution < -0.4 is 5.32 Å². The molecule has 1 aliphatic rings. The van der Waals surface area contributed by atoms with Gasteiger partial charge in [-0.3, -0.25) is 4.79 Å². The zero-order valence-corrected chi connectivity index (χ0v) is 13.3. The third-order valence-electron chi connectivity index (χ3n) is 3.59. The molecule has 0 radical (unpaired) electrons. The van der Waals surface area contributed by atoms with Crippen LogP contribution in [0, 0.1) is 0 Å². The Morgan fingerprint density at radius 1 is 1.57 bits per heavy atom. The third kappa shape index (κ3) is 3.86. The monoisotopic (exact) mass is 311 g/mol. The molecule has 6 heteroatoms. The largest absolute Gasteiger partial charge is 0.377 e. The van der Waals surface area contributed by atoms with Crippen molar-refractivity contribution in [2.24, 2.45) is 0 Å². The van der Waals surface area contributed by atoms with E-state index in [1.807, 2.05) is 4.90 Å². The third-order valence-corrected chi connectivity index (χ3v) is 3.88. The van der Waals surface area contributed by atoms with Crippen molar-refractivity contribution in [3.63, 3.8) is 0 Å². The molecule has 1 fully saturated rings. The van der Waals surface area contributed by atoms with Gasteiger partial charge in [0.1, 0.15) is 5.82 Å². The Kier molecular flexibility index (Phi) is 5.82. The first-order chi connectivity index (χ1) is 10.2.